The summed E-state index contributed by atoms with van der Waals surface area (Å²) < 4.78 is 0. The van der Waals surface area contributed by atoms with Gasteiger partial charge in [-0.05, 0) is 17.2 Å². The van der Waals surface area contributed by atoms with E-state index in [2.05, 4.69) is 0 Å². The standard InChI is InChI=1S/C15H14O3/c16-10-11-5-4-8-13(9-11)15(18)14(17)12-6-2-1-3-7-12/h1-9,14,16-17H,10H2. The molecule has 1 atom stereocenters. The summed E-state index contributed by atoms with van der Waals surface area (Å²) in [4.78, 5) is 12.1. The van der Waals surface area contributed by atoms with Gasteiger partial charge in [0.2, 0.25) is 0 Å². The zero-order chi connectivity index (χ0) is 13.0. The van der Waals surface area contributed by atoms with E-state index >= 15 is 0 Å². The molecule has 2 aromatic carbocycles. The SMILES string of the molecule is O=C(c1cccc(CO)c1)C(O)c1ccccc1. The highest BCUT2D eigenvalue weighted by Crippen LogP contribution is 2.18. The molecular weight excluding hydrogens is 228 g/mol. The van der Waals surface area contributed by atoms with Gasteiger partial charge in [-0.1, -0.05) is 48.5 Å². The molecule has 0 bridgehead atoms. The maximum atomic E-state index is 12.1. The highest BCUT2D eigenvalue weighted by molar-refractivity contribution is 5.99. The summed E-state index contributed by atoms with van der Waals surface area (Å²) in [7, 11) is 0. The molecule has 0 amide bonds. The monoisotopic (exact) mass is 242 g/mol. The summed E-state index contributed by atoms with van der Waals surface area (Å²) in [6.07, 6.45) is -1.17. The molecule has 0 saturated heterocycles. The predicted molar refractivity (Wildman–Crippen MR) is 68.1 cm³/mol. The Morgan fingerprint density at radius 1 is 1.06 bits per heavy atom. The number of aliphatic hydroxyl groups excluding tert-OH is 2. The van der Waals surface area contributed by atoms with Crippen molar-refractivity contribution in [3.8, 4) is 0 Å². The lowest BCUT2D eigenvalue weighted by Crippen LogP contribution is -2.12. The predicted octanol–water partition coefficient (Wildman–Crippen LogP) is 2.10. The van der Waals surface area contributed by atoms with Crippen LogP contribution >= 0.6 is 0 Å². The molecule has 0 heterocycles. The van der Waals surface area contributed by atoms with Crippen molar-refractivity contribution >= 4 is 5.78 Å². The van der Waals surface area contributed by atoms with E-state index < -0.39 is 6.10 Å². The molecule has 0 aliphatic carbocycles. The van der Waals surface area contributed by atoms with Crippen LogP contribution in [0.25, 0.3) is 0 Å². The normalized spacial score (nSPS) is 12.1. The van der Waals surface area contributed by atoms with Crippen LogP contribution in [0.15, 0.2) is 54.6 Å². The quantitative estimate of drug-likeness (QED) is 0.807. The second-order valence-electron chi connectivity index (χ2n) is 4.04. The third-order valence-corrected chi connectivity index (χ3v) is 2.76. The fourth-order valence-electron chi connectivity index (χ4n) is 1.77. The van der Waals surface area contributed by atoms with E-state index in [4.69, 9.17) is 5.11 Å². The van der Waals surface area contributed by atoms with Gasteiger partial charge in [0, 0.05) is 5.56 Å². The molecule has 92 valence electrons. The number of benzene rings is 2. The molecule has 0 aliphatic heterocycles. The Morgan fingerprint density at radius 2 is 1.78 bits per heavy atom. The van der Waals surface area contributed by atoms with Gasteiger partial charge in [0.15, 0.2) is 5.78 Å². The van der Waals surface area contributed by atoms with Gasteiger partial charge in [0.05, 0.1) is 6.61 Å². The third kappa shape index (κ3) is 2.64. The van der Waals surface area contributed by atoms with E-state index in [-0.39, 0.29) is 12.4 Å². The minimum Gasteiger partial charge on any atom is -0.392 e. The van der Waals surface area contributed by atoms with Crippen molar-refractivity contribution in [2.75, 3.05) is 0 Å². The van der Waals surface area contributed by atoms with Gasteiger partial charge in [-0.2, -0.15) is 0 Å². The molecule has 0 fully saturated rings. The van der Waals surface area contributed by atoms with Gasteiger partial charge in [0.25, 0.3) is 0 Å². The van der Waals surface area contributed by atoms with Gasteiger partial charge in [-0.25, -0.2) is 0 Å². The number of carbonyl (C=O) groups is 1. The van der Waals surface area contributed by atoms with Gasteiger partial charge in [-0.3, -0.25) is 4.79 Å². The van der Waals surface area contributed by atoms with Gasteiger partial charge < -0.3 is 10.2 Å². The van der Waals surface area contributed by atoms with Gasteiger partial charge in [-0.15, -0.1) is 0 Å². The number of Topliss-reactive ketones (excluding diaryl/α,β-unsaturated/α-hetero) is 1. The number of rotatable bonds is 4. The molecule has 2 N–H and O–H groups in total. The molecule has 0 radical (unpaired) electrons. The second-order valence-corrected chi connectivity index (χ2v) is 4.04. The minimum absolute atomic E-state index is 0.122. The smallest absolute Gasteiger partial charge is 0.195 e. The molecule has 18 heavy (non-hydrogen) atoms. The van der Waals surface area contributed by atoms with Crippen molar-refractivity contribution in [2.45, 2.75) is 12.7 Å². The van der Waals surface area contributed by atoms with Gasteiger partial charge in [0.1, 0.15) is 6.10 Å². The van der Waals surface area contributed by atoms with Crippen LogP contribution in [0.4, 0.5) is 0 Å². The molecule has 3 heteroatoms. The number of carbonyl (C=O) groups excluding carboxylic acids is 1. The van der Waals surface area contributed by atoms with Crippen molar-refractivity contribution in [1.82, 2.24) is 0 Å². The van der Waals surface area contributed by atoms with E-state index in [0.29, 0.717) is 16.7 Å². The summed E-state index contributed by atoms with van der Waals surface area (Å²) in [5.41, 5.74) is 1.62. The lowest BCUT2D eigenvalue weighted by Gasteiger charge is -2.10. The first-order valence-electron chi connectivity index (χ1n) is 5.69. The molecular formula is C15H14O3. The number of ketones is 1. The average Bonchev–Trinajstić information content (AvgIpc) is 2.46. The van der Waals surface area contributed by atoms with E-state index in [1.165, 1.54) is 0 Å². The van der Waals surface area contributed by atoms with Crippen molar-refractivity contribution in [3.63, 3.8) is 0 Å². The summed E-state index contributed by atoms with van der Waals surface area (Å²) in [5, 5.41) is 19.0. The van der Waals surface area contributed by atoms with Crippen LogP contribution < -0.4 is 0 Å². The average molecular weight is 242 g/mol. The molecule has 1 unspecified atom stereocenters. The first kappa shape index (κ1) is 12.5. The number of aliphatic hydroxyl groups is 2. The zero-order valence-corrected chi connectivity index (χ0v) is 9.78. The van der Waals surface area contributed by atoms with Crippen LogP contribution in [0.2, 0.25) is 0 Å². The Balaban J connectivity index is 2.25. The van der Waals surface area contributed by atoms with Crippen LogP contribution in [0.3, 0.4) is 0 Å². The van der Waals surface area contributed by atoms with E-state index in [1.54, 1.807) is 48.5 Å². The maximum absolute atomic E-state index is 12.1. The molecule has 0 spiro atoms. The summed E-state index contributed by atoms with van der Waals surface area (Å²) in [6, 6.07) is 15.4. The number of hydrogen-bond acceptors (Lipinski definition) is 3. The van der Waals surface area contributed by atoms with Crippen LogP contribution in [-0.2, 0) is 6.61 Å². The zero-order valence-electron chi connectivity index (χ0n) is 9.78. The van der Waals surface area contributed by atoms with E-state index in [1.807, 2.05) is 6.07 Å². The molecule has 3 nitrogen and oxygen atoms in total. The van der Waals surface area contributed by atoms with E-state index in [0.717, 1.165) is 0 Å². The largest absolute Gasteiger partial charge is 0.392 e. The molecule has 0 saturated carbocycles. The lowest BCUT2D eigenvalue weighted by atomic mass is 9.99. The minimum atomic E-state index is -1.17. The first-order chi connectivity index (χ1) is 8.72. The van der Waals surface area contributed by atoms with Crippen LogP contribution in [0.5, 0.6) is 0 Å². The Morgan fingerprint density at radius 3 is 2.44 bits per heavy atom. The Hall–Kier alpha value is -1.97. The van der Waals surface area contributed by atoms with E-state index in [9.17, 15) is 9.90 Å². The Bertz CT molecular complexity index is 534. The Labute approximate surface area is 105 Å². The van der Waals surface area contributed by atoms with Crippen molar-refractivity contribution < 1.29 is 15.0 Å². The fourth-order valence-corrected chi connectivity index (χ4v) is 1.77. The van der Waals surface area contributed by atoms with Crippen LogP contribution in [0, 0.1) is 0 Å². The Kier molecular flexibility index (Phi) is 3.87. The van der Waals surface area contributed by atoms with Crippen LogP contribution in [-0.4, -0.2) is 16.0 Å². The van der Waals surface area contributed by atoms with Crippen molar-refractivity contribution in [1.29, 1.82) is 0 Å². The molecule has 2 aromatic rings. The third-order valence-electron chi connectivity index (χ3n) is 2.76. The first-order valence-corrected chi connectivity index (χ1v) is 5.69. The van der Waals surface area contributed by atoms with Crippen molar-refractivity contribution in [3.05, 3.63) is 71.3 Å². The lowest BCUT2D eigenvalue weighted by molar-refractivity contribution is 0.0747. The van der Waals surface area contributed by atoms with Crippen LogP contribution in [0.1, 0.15) is 27.6 Å². The molecule has 0 aliphatic rings. The molecule has 0 aromatic heterocycles. The second kappa shape index (κ2) is 5.58. The highest BCUT2D eigenvalue weighted by Gasteiger charge is 2.18. The summed E-state index contributed by atoms with van der Waals surface area (Å²) in [5.74, 6) is -0.364. The van der Waals surface area contributed by atoms with Crippen molar-refractivity contribution in [2.24, 2.45) is 0 Å². The fraction of sp³-hybridized carbons (Fsp3) is 0.133. The molecule has 2 rings (SSSR count). The summed E-state index contributed by atoms with van der Waals surface area (Å²) >= 11 is 0. The maximum Gasteiger partial charge on any atom is 0.195 e. The highest BCUT2D eigenvalue weighted by atomic mass is 16.3. The van der Waals surface area contributed by atoms with Gasteiger partial charge >= 0.3 is 0 Å². The summed E-state index contributed by atoms with van der Waals surface area (Å²) in [6.45, 7) is -0.122. The number of hydrogen-bond donors (Lipinski definition) is 2. The topological polar surface area (TPSA) is 57.5 Å².